The Morgan fingerprint density at radius 3 is 1.60 bits per heavy atom. The van der Waals surface area contributed by atoms with Crippen molar-refractivity contribution < 1.29 is 18.1 Å². The van der Waals surface area contributed by atoms with E-state index in [0.717, 1.165) is 17.1 Å². The van der Waals surface area contributed by atoms with Crippen LogP contribution in [0.25, 0.3) is 0 Å². The van der Waals surface area contributed by atoms with E-state index in [1.807, 2.05) is 18.2 Å². The summed E-state index contributed by atoms with van der Waals surface area (Å²) in [5.74, 6) is 1.50. The van der Waals surface area contributed by atoms with E-state index in [4.69, 9.17) is 13.0 Å². The number of aliphatic hydroxyl groups excluding tert-OH is 1. The Morgan fingerprint density at radius 1 is 0.760 bits per heavy atom. The van der Waals surface area contributed by atoms with Crippen LogP contribution in [0.1, 0.15) is 61.0 Å². The van der Waals surface area contributed by atoms with E-state index in [1.54, 1.807) is 0 Å². The first kappa shape index (κ1) is 20.5. The summed E-state index contributed by atoms with van der Waals surface area (Å²) in [6.07, 6.45) is 0. The van der Waals surface area contributed by atoms with Gasteiger partial charge in [0, 0.05) is 22.2 Å². The van der Waals surface area contributed by atoms with Gasteiger partial charge in [0.25, 0.3) is 0 Å². The molecule has 1 aliphatic rings. The molecule has 1 aromatic carbocycles. The van der Waals surface area contributed by atoms with Crippen molar-refractivity contribution in [3.05, 3.63) is 23.8 Å². The minimum absolute atomic E-state index is 0.00760. The van der Waals surface area contributed by atoms with E-state index < -0.39 is 17.1 Å². The molecule has 25 heavy (non-hydrogen) atoms. The van der Waals surface area contributed by atoms with E-state index in [-0.39, 0.29) is 6.61 Å². The number of hydrogen-bond donors (Lipinski definition) is 1. The first-order valence-corrected chi connectivity index (χ1v) is 13.3. The Hall–Kier alpha value is -0.826. The molecule has 0 radical (unpaired) electrons. The highest BCUT2D eigenvalue weighted by atomic mass is 28.5. The van der Waals surface area contributed by atoms with Crippen molar-refractivity contribution in [2.24, 2.45) is 0 Å². The van der Waals surface area contributed by atoms with E-state index >= 15 is 0 Å². The average Bonchev–Trinajstić information content (AvgIpc) is 2.69. The predicted molar refractivity (Wildman–Crippen MR) is 107 cm³/mol. The van der Waals surface area contributed by atoms with Crippen molar-refractivity contribution in [1.82, 2.24) is 0 Å². The molecule has 0 saturated carbocycles. The molecular weight excluding hydrogens is 348 g/mol. The minimum Gasteiger partial charge on any atom is -0.517 e. The maximum Gasteiger partial charge on any atom is 0.396 e. The third kappa shape index (κ3) is 3.54. The number of hydrogen-bond acceptors (Lipinski definition) is 4. The SMILES string of the molecule is CC(C)[Si]1(C(C)C)Oc2ccc(CO)cc2O[Si](C(C)C)(C(C)C)O1. The smallest absolute Gasteiger partial charge is 0.396 e. The first-order chi connectivity index (χ1) is 11.6. The molecule has 0 unspecified atom stereocenters. The Balaban J connectivity index is 2.71. The van der Waals surface area contributed by atoms with Crippen molar-refractivity contribution in [1.29, 1.82) is 0 Å². The lowest BCUT2D eigenvalue weighted by atomic mass is 10.2. The van der Waals surface area contributed by atoms with Gasteiger partial charge in [-0.3, -0.25) is 0 Å². The maximum absolute atomic E-state index is 9.53. The summed E-state index contributed by atoms with van der Waals surface area (Å²) in [5, 5.41) is 9.53. The average molecular weight is 383 g/mol. The second-order valence-electron chi connectivity index (χ2n) is 8.31. The highest BCUT2D eigenvalue weighted by Crippen LogP contribution is 2.49. The van der Waals surface area contributed by atoms with Crippen LogP contribution in [0, 0.1) is 0 Å². The van der Waals surface area contributed by atoms with Crippen LogP contribution in [0.15, 0.2) is 18.2 Å². The molecule has 6 heteroatoms. The van der Waals surface area contributed by atoms with Gasteiger partial charge >= 0.3 is 17.1 Å². The molecule has 1 heterocycles. The highest BCUT2D eigenvalue weighted by molar-refractivity contribution is 6.84. The summed E-state index contributed by atoms with van der Waals surface area (Å²) < 4.78 is 20.4. The third-order valence-corrected chi connectivity index (χ3v) is 15.3. The zero-order chi connectivity index (χ0) is 19.0. The first-order valence-electron chi connectivity index (χ1n) is 9.41. The highest BCUT2D eigenvalue weighted by Gasteiger charge is 2.60. The molecule has 0 atom stereocenters. The maximum atomic E-state index is 9.53. The molecule has 4 nitrogen and oxygen atoms in total. The molecule has 0 amide bonds. The largest absolute Gasteiger partial charge is 0.517 e. The molecule has 0 spiro atoms. The van der Waals surface area contributed by atoms with Crippen LogP contribution >= 0.6 is 0 Å². The Labute approximate surface area is 155 Å². The second-order valence-corrected chi connectivity index (χ2v) is 17.0. The van der Waals surface area contributed by atoms with Crippen LogP contribution in [0.5, 0.6) is 11.5 Å². The lowest BCUT2D eigenvalue weighted by Crippen LogP contribution is -2.62. The number of rotatable bonds is 5. The lowest BCUT2D eigenvalue weighted by Gasteiger charge is -2.44. The van der Waals surface area contributed by atoms with Crippen molar-refractivity contribution >= 4 is 17.1 Å². The fourth-order valence-corrected chi connectivity index (χ4v) is 14.4. The summed E-state index contributed by atoms with van der Waals surface area (Å²) >= 11 is 0. The van der Waals surface area contributed by atoms with Gasteiger partial charge in [0.05, 0.1) is 6.61 Å². The topological polar surface area (TPSA) is 47.9 Å². The van der Waals surface area contributed by atoms with Crippen molar-refractivity contribution in [2.45, 2.75) is 84.2 Å². The van der Waals surface area contributed by atoms with E-state index in [0.29, 0.717) is 22.2 Å². The molecule has 1 aliphatic heterocycles. The van der Waals surface area contributed by atoms with Crippen LogP contribution in [0.3, 0.4) is 0 Å². The number of fused-ring (bicyclic) bond motifs is 1. The van der Waals surface area contributed by atoms with Gasteiger partial charge in [0.2, 0.25) is 0 Å². The van der Waals surface area contributed by atoms with E-state index in [9.17, 15) is 5.11 Å². The lowest BCUT2D eigenvalue weighted by molar-refractivity contribution is 0.281. The summed E-state index contributed by atoms with van der Waals surface area (Å²) in [5.41, 5.74) is 2.04. The van der Waals surface area contributed by atoms with Gasteiger partial charge in [0.15, 0.2) is 0 Å². The van der Waals surface area contributed by atoms with Crippen molar-refractivity contribution in [2.75, 3.05) is 0 Å². The standard InChI is InChI=1S/C19H34O4Si2/c1-13(2)24(14(3)4)21-18-10-9-17(12-20)11-19(18)22-25(23-24,15(5)6)16(7)8/h9-11,13-16,20H,12H2,1-8H3. The van der Waals surface area contributed by atoms with Crippen LogP contribution in [0.4, 0.5) is 0 Å². The summed E-state index contributed by atoms with van der Waals surface area (Å²) in [6, 6.07) is 5.75. The molecule has 0 bridgehead atoms. The van der Waals surface area contributed by atoms with Gasteiger partial charge in [0.1, 0.15) is 11.5 Å². The molecule has 0 fully saturated rings. The summed E-state index contributed by atoms with van der Waals surface area (Å²) in [4.78, 5) is 0. The second kappa shape index (κ2) is 7.42. The minimum atomic E-state index is -2.58. The summed E-state index contributed by atoms with van der Waals surface area (Å²) in [6.45, 7) is 17.6. The monoisotopic (exact) mass is 382 g/mol. The molecule has 2 rings (SSSR count). The van der Waals surface area contributed by atoms with Crippen LogP contribution < -0.4 is 8.85 Å². The van der Waals surface area contributed by atoms with E-state index in [2.05, 4.69) is 55.4 Å². The van der Waals surface area contributed by atoms with Gasteiger partial charge in [-0.05, 0) is 17.7 Å². The Kier molecular flexibility index (Phi) is 6.08. The van der Waals surface area contributed by atoms with Gasteiger partial charge in [-0.15, -0.1) is 0 Å². The predicted octanol–water partition coefficient (Wildman–Crippen LogP) is 5.49. The molecule has 0 aliphatic carbocycles. The van der Waals surface area contributed by atoms with Crippen LogP contribution in [-0.4, -0.2) is 22.2 Å². The molecule has 1 N–H and O–H groups in total. The van der Waals surface area contributed by atoms with Crippen LogP contribution in [0.2, 0.25) is 22.2 Å². The fraction of sp³-hybridized carbons (Fsp3) is 0.684. The van der Waals surface area contributed by atoms with Crippen molar-refractivity contribution in [3.8, 4) is 11.5 Å². The van der Waals surface area contributed by atoms with Gasteiger partial charge in [-0.25, -0.2) is 0 Å². The van der Waals surface area contributed by atoms with Gasteiger partial charge < -0.3 is 18.1 Å². The van der Waals surface area contributed by atoms with Crippen LogP contribution in [-0.2, 0) is 10.7 Å². The zero-order valence-electron chi connectivity index (χ0n) is 16.9. The molecular formula is C19H34O4Si2. The number of benzene rings is 1. The van der Waals surface area contributed by atoms with Crippen molar-refractivity contribution in [3.63, 3.8) is 0 Å². The number of aliphatic hydroxyl groups is 1. The molecule has 142 valence electrons. The Morgan fingerprint density at radius 2 is 1.20 bits per heavy atom. The summed E-state index contributed by atoms with van der Waals surface area (Å²) in [7, 11) is -5.13. The van der Waals surface area contributed by atoms with Gasteiger partial charge in [-0.2, -0.15) is 0 Å². The van der Waals surface area contributed by atoms with E-state index in [1.165, 1.54) is 0 Å². The molecule has 0 saturated heterocycles. The zero-order valence-corrected chi connectivity index (χ0v) is 18.9. The Bertz CT molecular complexity index is 583. The fourth-order valence-electron chi connectivity index (χ4n) is 3.73. The quantitative estimate of drug-likeness (QED) is 0.684. The normalized spacial score (nSPS) is 18.9. The molecule has 1 aromatic rings. The third-order valence-electron chi connectivity index (χ3n) is 5.27. The van der Waals surface area contributed by atoms with Gasteiger partial charge in [-0.1, -0.05) is 61.5 Å². The molecule has 0 aromatic heterocycles.